The number of fused-ring (bicyclic) bond motifs is 1. The average molecular weight is 417 g/mol. The van der Waals surface area contributed by atoms with Crippen LogP contribution in [0.1, 0.15) is 23.8 Å². The summed E-state index contributed by atoms with van der Waals surface area (Å²) in [6.45, 7) is 2.27. The molecule has 3 rings (SSSR count). The van der Waals surface area contributed by atoms with Crippen LogP contribution in [0, 0.1) is 0 Å². The van der Waals surface area contributed by atoms with E-state index in [9.17, 15) is 14.4 Å². The van der Waals surface area contributed by atoms with Crippen molar-refractivity contribution in [3.63, 3.8) is 0 Å². The fourth-order valence-corrected chi connectivity index (χ4v) is 3.00. The van der Waals surface area contributed by atoms with E-state index in [0.717, 1.165) is 6.42 Å². The number of pyridine rings is 1. The van der Waals surface area contributed by atoms with Crippen LogP contribution in [-0.4, -0.2) is 48.4 Å². The van der Waals surface area contributed by atoms with Crippen molar-refractivity contribution in [1.82, 2.24) is 15.6 Å². The molecule has 0 fully saturated rings. The Labute approximate surface area is 173 Å². The third-order valence-corrected chi connectivity index (χ3v) is 4.51. The van der Waals surface area contributed by atoms with Gasteiger partial charge in [0, 0.05) is 17.8 Å². The van der Waals surface area contributed by atoms with Gasteiger partial charge in [0.15, 0.2) is 6.10 Å². The molecule has 29 heavy (non-hydrogen) atoms. The van der Waals surface area contributed by atoms with Gasteiger partial charge >= 0.3 is 0 Å². The molecular formula is C20H21ClN4O4. The van der Waals surface area contributed by atoms with E-state index < -0.39 is 12.0 Å². The lowest BCUT2D eigenvalue weighted by molar-refractivity contribution is -0.128. The molecule has 2 N–H and O–H groups in total. The molecule has 0 saturated carbocycles. The molecule has 0 spiro atoms. The molecule has 9 heteroatoms. The summed E-state index contributed by atoms with van der Waals surface area (Å²) in [4.78, 5) is 42.8. The van der Waals surface area contributed by atoms with E-state index in [1.54, 1.807) is 30.3 Å². The molecule has 1 aliphatic rings. The van der Waals surface area contributed by atoms with Crippen LogP contribution in [0.4, 0.5) is 5.69 Å². The van der Waals surface area contributed by atoms with E-state index in [4.69, 9.17) is 16.3 Å². The highest BCUT2D eigenvalue weighted by molar-refractivity contribution is 6.30. The third-order valence-electron chi connectivity index (χ3n) is 4.27. The number of carbonyl (C=O) groups excluding carboxylic acids is 3. The number of aromatic nitrogens is 1. The van der Waals surface area contributed by atoms with Gasteiger partial charge in [-0.15, -0.1) is 0 Å². The SMILES string of the molecule is CCCNC(=O)[C@H]1CN(C(=O)CNC(=O)c2cc(Cl)ccn2)c2ccccc2O1. The van der Waals surface area contributed by atoms with Crippen LogP contribution in [0.25, 0.3) is 0 Å². The monoisotopic (exact) mass is 416 g/mol. The Morgan fingerprint density at radius 3 is 2.79 bits per heavy atom. The zero-order chi connectivity index (χ0) is 20.8. The second kappa shape index (κ2) is 9.38. The molecule has 1 aromatic heterocycles. The maximum atomic E-state index is 12.8. The first-order chi connectivity index (χ1) is 14.0. The number of amides is 3. The van der Waals surface area contributed by atoms with Crippen molar-refractivity contribution in [3.8, 4) is 5.75 Å². The molecule has 0 bridgehead atoms. The molecule has 1 atom stereocenters. The number of anilines is 1. The maximum Gasteiger partial charge on any atom is 0.270 e. The van der Waals surface area contributed by atoms with E-state index in [1.807, 2.05) is 6.92 Å². The van der Waals surface area contributed by atoms with Crippen molar-refractivity contribution in [2.75, 3.05) is 24.5 Å². The van der Waals surface area contributed by atoms with Gasteiger partial charge in [0.05, 0.1) is 18.8 Å². The molecular weight excluding hydrogens is 396 g/mol. The van der Waals surface area contributed by atoms with Crippen LogP contribution in [-0.2, 0) is 9.59 Å². The average Bonchev–Trinajstić information content (AvgIpc) is 2.74. The van der Waals surface area contributed by atoms with Crippen molar-refractivity contribution >= 4 is 35.0 Å². The number of carbonyl (C=O) groups is 3. The first kappa shape index (κ1) is 20.6. The predicted molar refractivity (Wildman–Crippen MR) is 108 cm³/mol. The molecule has 8 nitrogen and oxygen atoms in total. The second-order valence-electron chi connectivity index (χ2n) is 6.41. The lowest BCUT2D eigenvalue weighted by Crippen LogP contribution is -2.52. The number of nitrogens with zero attached hydrogens (tertiary/aromatic N) is 2. The fourth-order valence-electron chi connectivity index (χ4n) is 2.84. The number of ether oxygens (including phenoxy) is 1. The van der Waals surface area contributed by atoms with E-state index >= 15 is 0 Å². The second-order valence-corrected chi connectivity index (χ2v) is 6.85. The predicted octanol–water partition coefficient (Wildman–Crippen LogP) is 1.79. The minimum absolute atomic E-state index is 0.0523. The highest BCUT2D eigenvalue weighted by Gasteiger charge is 2.33. The van der Waals surface area contributed by atoms with Gasteiger partial charge in [-0.2, -0.15) is 0 Å². The van der Waals surface area contributed by atoms with Gasteiger partial charge in [0.1, 0.15) is 11.4 Å². The zero-order valence-electron chi connectivity index (χ0n) is 15.9. The van der Waals surface area contributed by atoms with Crippen molar-refractivity contribution < 1.29 is 19.1 Å². The van der Waals surface area contributed by atoms with Crippen LogP contribution >= 0.6 is 11.6 Å². The largest absolute Gasteiger partial charge is 0.477 e. The molecule has 0 saturated heterocycles. The van der Waals surface area contributed by atoms with Crippen molar-refractivity contribution in [2.24, 2.45) is 0 Å². The zero-order valence-corrected chi connectivity index (χ0v) is 16.6. The summed E-state index contributed by atoms with van der Waals surface area (Å²) in [6, 6.07) is 9.93. The molecule has 0 radical (unpaired) electrons. The van der Waals surface area contributed by atoms with Gasteiger partial charge in [-0.05, 0) is 30.7 Å². The number of benzene rings is 1. The van der Waals surface area contributed by atoms with Crippen LogP contribution in [0.5, 0.6) is 5.75 Å². The smallest absolute Gasteiger partial charge is 0.270 e. The summed E-state index contributed by atoms with van der Waals surface area (Å²) >= 11 is 5.86. The van der Waals surface area contributed by atoms with Gasteiger partial charge in [-0.25, -0.2) is 0 Å². The highest BCUT2D eigenvalue weighted by atomic mass is 35.5. The molecule has 1 aliphatic heterocycles. The Balaban J connectivity index is 1.70. The number of halogens is 1. The summed E-state index contributed by atoms with van der Waals surface area (Å²) in [7, 11) is 0. The van der Waals surface area contributed by atoms with E-state index in [0.29, 0.717) is 23.0 Å². The van der Waals surface area contributed by atoms with Crippen LogP contribution in [0.2, 0.25) is 5.02 Å². The van der Waals surface area contributed by atoms with E-state index in [-0.39, 0.29) is 30.6 Å². The van der Waals surface area contributed by atoms with Gasteiger partial charge in [0.2, 0.25) is 5.91 Å². The Morgan fingerprint density at radius 2 is 2.03 bits per heavy atom. The van der Waals surface area contributed by atoms with Gasteiger partial charge in [-0.3, -0.25) is 19.4 Å². The van der Waals surface area contributed by atoms with Crippen molar-refractivity contribution in [3.05, 3.63) is 53.3 Å². The summed E-state index contributed by atoms with van der Waals surface area (Å²) in [5.41, 5.74) is 0.664. The Hall–Kier alpha value is -3.13. The van der Waals surface area contributed by atoms with Crippen molar-refractivity contribution in [2.45, 2.75) is 19.4 Å². The minimum atomic E-state index is -0.828. The summed E-state index contributed by atoms with van der Waals surface area (Å²) in [5, 5.41) is 5.69. The minimum Gasteiger partial charge on any atom is -0.477 e. The summed E-state index contributed by atoms with van der Waals surface area (Å²) in [5.74, 6) is -0.734. The van der Waals surface area contributed by atoms with Crippen LogP contribution in [0.3, 0.4) is 0 Å². The molecule has 2 heterocycles. The highest BCUT2D eigenvalue weighted by Crippen LogP contribution is 2.33. The van der Waals surface area contributed by atoms with Crippen LogP contribution in [0.15, 0.2) is 42.6 Å². The van der Waals surface area contributed by atoms with E-state index in [1.165, 1.54) is 17.2 Å². The normalized spacial score (nSPS) is 15.1. The summed E-state index contributed by atoms with van der Waals surface area (Å²) in [6.07, 6.45) is 1.38. The Kier molecular flexibility index (Phi) is 6.66. The van der Waals surface area contributed by atoms with E-state index in [2.05, 4.69) is 15.6 Å². The molecule has 3 amide bonds. The van der Waals surface area contributed by atoms with Gasteiger partial charge in [-0.1, -0.05) is 30.7 Å². The fraction of sp³-hybridized carbons (Fsp3) is 0.300. The lowest BCUT2D eigenvalue weighted by Gasteiger charge is -2.34. The number of para-hydroxylation sites is 2. The summed E-state index contributed by atoms with van der Waals surface area (Å²) < 4.78 is 5.76. The van der Waals surface area contributed by atoms with Crippen LogP contribution < -0.4 is 20.3 Å². The molecule has 0 unspecified atom stereocenters. The number of rotatable bonds is 6. The topological polar surface area (TPSA) is 101 Å². The molecule has 1 aromatic carbocycles. The standard InChI is InChI=1S/C20H21ClN4O4/c1-2-8-23-20(28)17-12-25(15-5-3-4-6-16(15)29-17)18(26)11-24-19(27)14-10-13(21)7-9-22-14/h3-7,9-10,17H,2,8,11-12H2,1H3,(H,23,28)(H,24,27)/t17-/m1/s1. The lowest BCUT2D eigenvalue weighted by atomic mass is 10.1. The Morgan fingerprint density at radius 1 is 1.24 bits per heavy atom. The molecule has 0 aliphatic carbocycles. The Bertz CT molecular complexity index is 921. The number of hydrogen-bond donors (Lipinski definition) is 2. The third kappa shape index (κ3) is 5.03. The maximum absolute atomic E-state index is 12.8. The number of hydrogen-bond acceptors (Lipinski definition) is 5. The molecule has 2 aromatic rings. The van der Waals surface area contributed by atoms with Gasteiger partial charge < -0.3 is 20.3 Å². The van der Waals surface area contributed by atoms with Gasteiger partial charge in [0.25, 0.3) is 11.8 Å². The first-order valence-corrected chi connectivity index (χ1v) is 9.61. The number of nitrogens with one attached hydrogen (secondary N) is 2. The van der Waals surface area contributed by atoms with Crippen molar-refractivity contribution in [1.29, 1.82) is 0 Å². The first-order valence-electron chi connectivity index (χ1n) is 9.23. The quantitative estimate of drug-likeness (QED) is 0.747. The molecule has 152 valence electrons.